The molecule has 0 unspecified atom stereocenters. The molecule has 0 N–H and O–H groups in total. The molecule has 0 radical (unpaired) electrons. The third-order valence-corrected chi connectivity index (χ3v) is 5.48. The number of rotatable bonds is 5. The van der Waals surface area contributed by atoms with Gasteiger partial charge in [-0.3, -0.25) is 0 Å². The van der Waals surface area contributed by atoms with Crippen LogP contribution in [0.4, 0.5) is 4.39 Å². The summed E-state index contributed by atoms with van der Waals surface area (Å²) >= 11 is 1.31. The fourth-order valence-electron chi connectivity index (χ4n) is 2.04. The van der Waals surface area contributed by atoms with Crippen LogP contribution in [0.1, 0.15) is 0 Å². The minimum atomic E-state index is -3.47. The van der Waals surface area contributed by atoms with Gasteiger partial charge in [0.2, 0.25) is 0 Å². The van der Waals surface area contributed by atoms with Crippen molar-refractivity contribution in [2.75, 3.05) is 5.75 Å². The summed E-state index contributed by atoms with van der Waals surface area (Å²) in [6, 6.07) is 4.85. The Hall–Kier alpha value is -2.06. The third-order valence-electron chi connectivity index (χ3n) is 3.18. The van der Waals surface area contributed by atoms with E-state index in [-0.39, 0.29) is 17.2 Å². The Morgan fingerprint density at radius 2 is 2.00 bits per heavy atom. The Bertz CT molecular complexity index is 856. The number of aryl methyl sites for hydroxylation is 1. The first kappa shape index (κ1) is 14.9. The van der Waals surface area contributed by atoms with Crippen LogP contribution in [0.5, 0.6) is 0 Å². The zero-order valence-electron chi connectivity index (χ0n) is 11.4. The second-order valence-corrected chi connectivity index (χ2v) is 7.40. The average molecular weight is 337 g/mol. The summed E-state index contributed by atoms with van der Waals surface area (Å²) < 4.78 is 43.2. The standard InChI is InChI=1S/C14H12FN3O2S2/c15-12-1-3-13(4-2-12)22(19,20)8-7-18-6-5-16-14(18)11-9-17-21-10-11/h1-6,9-10H,7-8H2. The molecule has 0 amide bonds. The summed E-state index contributed by atoms with van der Waals surface area (Å²) in [5.41, 5.74) is 0.856. The minimum Gasteiger partial charge on any atom is -0.330 e. The summed E-state index contributed by atoms with van der Waals surface area (Å²) in [5, 5.41) is 1.85. The quantitative estimate of drug-likeness (QED) is 0.671. The lowest BCUT2D eigenvalue weighted by Crippen LogP contribution is -2.13. The Kier molecular flexibility index (Phi) is 4.04. The van der Waals surface area contributed by atoms with Crippen LogP contribution in [-0.2, 0) is 16.4 Å². The van der Waals surface area contributed by atoms with Gasteiger partial charge in [-0.15, -0.1) is 0 Å². The summed E-state index contributed by atoms with van der Waals surface area (Å²) in [6.07, 6.45) is 5.04. The first-order chi connectivity index (χ1) is 10.6. The monoisotopic (exact) mass is 337 g/mol. The molecule has 0 atom stereocenters. The number of imidazole rings is 1. The highest BCUT2D eigenvalue weighted by atomic mass is 32.2. The Labute approximate surface area is 131 Å². The van der Waals surface area contributed by atoms with Gasteiger partial charge < -0.3 is 4.57 Å². The van der Waals surface area contributed by atoms with Crippen molar-refractivity contribution in [1.29, 1.82) is 0 Å². The number of aromatic nitrogens is 3. The van der Waals surface area contributed by atoms with Gasteiger partial charge in [0.1, 0.15) is 11.6 Å². The minimum absolute atomic E-state index is 0.0838. The highest BCUT2D eigenvalue weighted by Crippen LogP contribution is 2.19. The van der Waals surface area contributed by atoms with Gasteiger partial charge in [0, 0.05) is 29.9 Å². The van der Waals surface area contributed by atoms with E-state index >= 15 is 0 Å². The predicted molar refractivity (Wildman–Crippen MR) is 81.8 cm³/mol. The first-order valence-corrected chi connectivity index (χ1v) is 8.94. The van der Waals surface area contributed by atoms with Crippen molar-refractivity contribution < 1.29 is 12.8 Å². The molecule has 5 nitrogen and oxygen atoms in total. The summed E-state index contributed by atoms with van der Waals surface area (Å²) in [5.74, 6) is 0.142. The van der Waals surface area contributed by atoms with E-state index in [9.17, 15) is 12.8 Å². The van der Waals surface area contributed by atoms with Gasteiger partial charge in [0.05, 0.1) is 16.8 Å². The molecule has 0 saturated carbocycles. The van der Waals surface area contributed by atoms with Crippen molar-refractivity contribution in [3.8, 4) is 11.4 Å². The SMILES string of the molecule is O=S(=O)(CCn1ccnc1-c1cnsc1)c1ccc(F)cc1. The smallest absolute Gasteiger partial charge is 0.180 e. The Morgan fingerprint density at radius 1 is 1.23 bits per heavy atom. The van der Waals surface area contributed by atoms with Gasteiger partial charge in [-0.1, -0.05) is 0 Å². The molecule has 1 aromatic carbocycles. The first-order valence-electron chi connectivity index (χ1n) is 6.45. The zero-order valence-corrected chi connectivity index (χ0v) is 13.0. The van der Waals surface area contributed by atoms with Crippen LogP contribution in [0.2, 0.25) is 0 Å². The third kappa shape index (κ3) is 3.07. The number of hydrogen-bond donors (Lipinski definition) is 0. The van der Waals surface area contributed by atoms with E-state index in [1.807, 2.05) is 5.38 Å². The van der Waals surface area contributed by atoms with Crippen LogP contribution >= 0.6 is 11.5 Å². The van der Waals surface area contributed by atoms with Gasteiger partial charge in [-0.05, 0) is 35.8 Å². The second-order valence-electron chi connectivity index (χ2n) is 4.63. The van der Waals surface area contributed by atoms with E-state index in [1.54, 1.807) is 23.2 Å². The highest BCUT2D eigenvalue weighted by Gasteiger charge is 2.16. The maximum Gasteiger partial charge on any atom is 0.180 e. The van der Waals surface area contributed by atoms with Crippen LogP contribution in [0.25, 0.3) is 11.4 Å². The van der Waals surface area contributed by atoms with E-state index in [2.05, 4.69) is 9.36 Å². The van der Waals surface area contributed by atoms with Crippen LogP contribution in [0, 0.1) is 5.82 Å². The molecule has 114 valence electrons. The van der Waals surface area contributed by atoms with E-state index < -0.39 is 15.7 Å². The van der Waals surface area contributed by atoms with Crippen molar-refractivity contribution in [1.82, 2.24) is 13.9 Å². The highest BCUT2D eigenvalue weighted by molar-refractivity contribution is 7.91. The molecular weight excluding hydrogens is 325 g/mol. The topological polar surface area (TPSA) is 64.8 Å². The van der Waals surface area contributed by atoms with Crippen LogP contribution in [0.3, 0.4) is 0 Å². The van der Waals surface area contributed by atoms with E-state index in [4.69, 9.17) is 0 Å². The van der Waals surface area contributed by atoms with Crippen molar-refractivity contribution in [2.45, 2.75) is 11.4 Å². The molecule has 0 aliphatic carbocycles. The summed E-state index contributed by atoms with van der Waals surface area (Å²) in [4.78, 5) is 4.35. The number of nitrogens with zero attached hydrogens (tertiary/aromatic N) is 3. The lowest BCUT2D eigenvalue weighted by molar-refractivity contribution is 0.588. The molecule has 0 aliphatic heterocycles. The average Bonchev–Trinajstić information content (AvgIpc) is 3.16. The van der Waals surface area contributed by atoms with Crippen LogP contribution in [-0.4, -0.2) is 28.1 Å². The second kappa shape index (κ2) is 5.98. The summed E-state index contributed by atoms with van der Waals surface area (Å²) in [7, 11) is -3.47. The molecule has 0 aliphatic rings. The van der Waals surface area contributed by atoms with E-state index in [1.165, 1.54) is 23.7 Å². The molecule has 2 aromatic heterocycles. The molecule has 2 heterocycles. The van der Waals surface area contributed by atoms with Crippen molar-refractivity contribution in [2.24, 2.45) is 0 Å². The van der Waals surface area contributed by atoms with Crippen LogP contribution < -0.4 is 0 Å². The van der Waals surface area contributed by atoms with Gasteiger partial charge >= 0.3 is 0 Å². The van der Waals surface area contributed by atoms with Crippen molar-refractivity contribution in [3.63, 3.8) is 0 Å². The van der Waals surface area contributed by atoms with Gasteiger partial charge in [0.15, 0.2) is 9.84 Å². The fourth-order valence-corrected chi connectivity index (χ4v) is 3.78. The maximum atomic E-state index is 12.9. The zero-order chi connectivity index (χ0) is 15.6. The van der Waals surface area contributed by atoms with Crippen LogP contribution in [0.15, 0.2) is 53.1 Å². The number of benzene rings is 1. The van der Waals surface area contributed by atoms with Crippen molar-refractivity contribution >= 4 is 21.4 Å². The Balaban J connectivity index is 1.78. The van der Waals surface area contributed by atoms with Gasteiger partial charge in [0.25, 0.3) is 0 Å². The molecule has 22 heavy (non-hydrogen) atoms. The number of sulfone groups is 1. The largest absolute Gasteiger partial charge is 0.330 e. The van der Waals surface area contributed by atoms with E-state index in [0.29, 0.717) is 5.82 Å². The number of halogens is 1. The van der Waals surface area contributed by atoms with Crippen molar-refractivity contribution in [3.05, 3.63) is 54.1 Å². The lowest BCUT2D eigenvalue weighted by atomic mass is 10.3. The van der Waals surface area contributed by atoms with E-state index in [0.717, 1.165) is 17.7 Å². The van der Waals surface area contributed by atoms with Gasteiger partial charge in [-0.25, -0.2) is 22.2 Å². The molecule has 0 saturated heterocycles. The fraction of sp³-hybridized carbons (Fsp3) is 0.143. The molecule has 0 fully saturated rings. The molecule has 3 aromatic rings. The predicted octanol–water partition coefficient (Wildman–Crippen LogP) is 2.62. The Morgan fingerprint density at radius 3 is 2.68 bits per heavy atom. The summed E-state index contributed by atoms with van der Waals surface area (Å²) in [6.45, 7) is 0.269. The molecule has 3 rings (SSSR count). The molecular formula is C14H12FN3O2S2. The maximum absolute atomic E-state index is 12.9. The number of hydrogen-bond acceptors (Lipinski definition) is 5. The molecule has 8 heteroatoms. The lowest BCUT2D eigenvalue weighted by Gasteiger charge is -2.08. The van der Waals surface area contributed by atoms with Gasteiger partial charge in [-0.2, -0.15) is 0 Å². The molecule has 0 bridgehead atoms. The molecule has 0 spiro atoms. The normalized spacial score (nSPS) is 11.7.